The molecule has 0 aliphatic carbocycles. The van der Waals surface area contributed by atoms with Gasteiger partial charge in [-0.05, 0) is 59.9 Å². The molecular formula is C34H35N3O5S2. The smallest absolute Gasteiger partial charge is 0.343 e. The Balaban J connectivity index is 1.62. The van der Waals surface area contributed by atoms with Gasteiger partial charge in [0.05, 0.1) is 34.7 Å². The maximum Gasteiger partial charge on any atom is 0.343 e. The lowest BCUT2D eigenvalue weighted by molar-refractivity contribution is -0.210. The molecule has 4 atom stereocenters. The lowest BCUT2D eigenvalue weighted by Crippen LogP contribution is -2.57. The number of rotatable bonds is 7. The largest absolute Gasteiger partial charge is 0.467 e. The van der Waals surface area contributed by atoms with E-state index in [1.807, 2.05) is 18.7 Å². The van der Waals surface area contributed by atoms with E-state index in [2.05, 4.69) is 69.9 Å². The second-order valence-electron chi connectivity index (χ2n) is 12.2. The minimum absolute atomic E-state index is 0.0399. The van der Waals surface area contributed by atoms with Crippen LogP contribution in [0.25, 0.3) is 43.6 Å². The molecule has 0 spiro atoms. The first-order chi connectivity index (χ1) is 21.2. The number of nitrogens with zero attached hydrogens (tertiary/aromatic N) is 2. The predicted octanol–water partition coefficient (Wildman–Crippen LogP) is 6.39. The van der Waals surface area contributed by atoms with Crippen molar-refractivity contribution >= 4 is 83.6 Å². The van der Waals surface area contributed by atoms with Gasteiger partial charge in [-0.25, -0.2) is 4.79 Å². The van der Waals surface area contributed by atoms with Crippen LogP contribution < -0.4 is 5.32 Å². The molecule has 228 valence electrons. The van der Waals surface area contributed by atoms with Crippen LogP contribution >= 0.6 is 22.2 Å². The molecule has 1 amide bonds. The summed E-state index contributed by atoms with van der Waals surface area (Å²) in [6, 6.07) is 13.0. The fraction of sp³-hybridized carbons (Fsp3) is 0.382. The summed E-state index contributed by atoms with van der Waals surface area (Å²) in [5.41, 5.74) is 5.24. The topological polar surface area (TPSA) is 83.7 Å². The number of carbonyl (C=O) groups is 2. The summed E-state index contributed by atoms with van der Waals surface area (Å²) in [6.45, 7) is 4.54. The van der Waals surface area contributed by atoms with E-state index in [9.17, 15) is 9.59 Å². The average Bonchev–Trinajstić information content (AvgIpc) is 3.71. The Morgan fingerprint density at radius 3 is 2.59 bits per heavy atom. The summed E-state index contributed by atoms with van der Waals surface area (Å²) in [4.78, 5) is 27.5. The van der Waals surface area contributed by atoms with Crippen molar-refractivity contribution in [2.24, 2.45) is 0 Å². The van der Waals surface area contributed by atoms with E-state index in [0.29, 0.717) is 6.54 Å². The highest BCUT2D eigenvalue weighted by Crippen LogP contribution is 2.59. The third kappa shape index (κ3) is 3.37. The van der Waals surface area contributed by atoms with Gasteiger partial charge < -0.3 is 28.7 Å². The number of fused-ring (bicyclic) bond motifs is 13. The zero-order chi connectivity index (χ0) is 30.7. The molecule has 1 N–H and O–H groups in total. The van der Waals surface area contributed by atoms with Crippen molar-refractivity contribution in [3.63, 3.8) is 0 Å². The van der Waals surface area contributed by atoms with Crippen LogP contribution in [0.15, 0.2) is 36.4 Å². The molecule has 3 aliphatic rings. The Morgan fingerprint density at radius 2 is 1.86 bits per heavy atom. The highest BCUT2D eigenvalue weighted by molar-refractivity contribution is 8.12. The van der Waals surface area contributed by atoms with Gasteiger partial charge in [0.2, 0.25) is 5.60 Å². The van der Waals surface area contributed by atoms with Crippen LogP contribution in [0.1, 0.15) is 53.5 Å². The zero-order valence-electron chi connectivity index (χ0n) is 25.5. The second kappa shape index (κ2) is 9.59. The van der Waals surface area contributed by atoms with E-state index in [1.165, 1.54) is 18.2 Å². The van der Waals surface area contributed by atoms with Gasteiger partial charge in [-0.2, -0.15) is 22.2 Å². The molecule has 10 heteroatoms. The average molecular weight is 630 g/mol. The third-order valence-corrected chi connectivity index (χ3v) is 11.6. The maximum absolute atomic E-state index is 13.8. The van der Waals surface area contributed by atoms with Crippen molar-refractivity contribution in [2.75, 3.05) is 26.2 Å². The van der Waals surface area contributed by atoms with Crippen LogP contribution in [0.5, 0.6) is 0 Å². The quantitative estimate of drug-likeness (QED) is 0.166. The van der Waals surface area contributed by atoms with Crippen molar-refractivity contribution in [3.8, 4) is 0 Å². The van der Waals surface area contributed by atoms with Crippen LogP contribution in [-0.4, -0.2) is 58.7 Å². The molecule has 3 aromatic carbocycles. The lowest BCUT2D eigenvalue weighted by Gasteiger charge is -2.40. The number of aromatic nitrogens is 2. The van der Waals surface area contributed by atoms with Gasteiger partial charge in [-0.1, -0.05) is 24.9 Å². The van der Waals surface area contributed by atoms with Gasteiger partial charge in [-0.3, -0.25) is 4.79 Å². The van der Waals surface area contributed by atoms with Gasteiger partial charge in [0, 0.05) is 53.1 Å². The van der Waals surface area contributed by atoms with Crippen molar-refractivity contribution in [1.29, 1.82) is 0 Å². The van der Waals surface area contributed by atoms with Gasteiger partial charge >= 0.3 is 5.97 Å². The first kappa shape index (κ1) is 28.2. The Bertz CT molecular complexity index is 2130. The third-order valence-electron chi connectivity index (χ3n) is 9.87. The predicted molar refractivity (Wildman–Crippen MR) is 180 cm³/mol. The summed E-state index contributed by atoms with van der Waals surface area (Å²) in [5, 5.41) is 7.16. The minimum Gasteiger partial charge on any atom is -0.467 e. The van der Waals surface area contributed by atoms with E-state index in [-0.39, 0.29) is 22.8 Å². The summed E-state index contributed by atoms with van der Waals surface area (Å²) in [6.07, 6.45) is 1.85. The first-order valence-electron chi connectivity index (χ1n) is 14.9. The molecule has 8 nitrogen and oxygen atoms in total. The SMILES string of the molecule is C=S(C)Cc1ccc2c(c1)c1c3c(c4c5cc(CSCC)ccc5n5c4c1n2C1(C)OC5CC1(OC)C(=O)OC)C(=O)NC3. The molecule has 5 heterocycles. The number of nitrogens with one attached hydrogen (secondary N) is 1. The Hall–Kier alpha value is -3.31. The van der Waals surface area contributed by atoms with Crippen LogP contribution in [0, 0.1) is 0 Å². The highest BCUT2D eigenvalue weighted by Gasteiger charge is 2.67. The van der Waals surface area contributed by atoms with Gasteiger partial charge in [-0.15, -0.1) is 0 Å². The summed E-state index contributed by atoms with van der Waals surface area (Å²) in [5.74, 6) is 6.48. The van der Waals surface area contributed by atoms with E-state index in [4.69, 9.17) is 14.2 Å². The Morgan fingerprint density at radius 1 is 1.14 bits per heavy atom. The van der Waals surface area contributed by atoms with Crippen molar-refractivity contribution in [1.82, 2.24) is 14.5 Å². The Kier molecular flexibility index (Phi) is 6.15. The van der Waals surface area contributed by atoms with Crippen LogP contribution in [0.3, 0.4) is 0 Å². The molecule has 1 fully saturated rings. The van der Waals surface area contributed by atoms with Crippen molar-refractivity contribution < 1.29 is 23.8 Å². The molecule has 3 aliphatic heterocycles. The molecule has 0 saturated carbocycles. The van der Waals surface area contributed by atoms with Gasteiger partial charge in [0.1, 0.15) is 6.23 Å². The van der Waals surface area contributed by atoms with E-state index < -0.39 is 23.5 Å². The Labute approximate surface area is 261 Å². The first-order valence-corrected chi connectivity index (χ1v) is 18.0. The summed E-state index contributed by atoms with van der Waals surface area (Å²) >= 11 is 1.87. The number of esters is 1. The molecule has 2 aromatic heterocycles. The van der Waals surface area contributed by atoms with Crippen molar-refractivity contribution in [3.05, 3.63) is 58.7 Å². The molecule has 44 heavy (non-hydrogen) atoms. The fourth-order valence-corrected chi connectivity index (χ4v) is 9.48. The number of hydrogen-bond donors (Lipinski definition) is 1. The number of methoxy groups -OCH3 is 2. The number of hydrogen-bond acceptors (Lipinski definition) is 6. The van der Waals surface area contributed by atoms with Gasteiger partial charge in [0.25, 0.3) is 5.91 Å². The molecule has 2 bridgehead atoms. The van der Waals surface area contributed by atoms with Crippen LogP contribution in [-0.2, 0) is 42.8 Å². The van der Waals surface area contributed by atoms with E-state index in [1.54, 1.807) is 7.11 Å². The van der Waals surface area contributed by atoms with E-state index in [0.717, 1.165) is 72.0 Å². The fourth-order valence-electron chi connectivity index (χ4n) is 8.11. The standard InChI is InChI=1S/C34H35N3O5S2/c1-7-43-16-18-8-10-23-20(12-18)27-28-22(15-35-31(28)38)26-21-13-19(17-44(5)6)9-11-24(21)37-30(26)29(27)36(23)25-14-34(41-4,32(39)40-3)33(37,2)42-25/h8-13,25H,5,7,14-17H2,1-4,6H3,(H,35,38). The normalized spacial score (nSPS) is 24.5. The van der Waals surface area contributed by atoms with Crippen LogP contribution in [0.4, 0.5) is 0 Å². The zero-order valence-corrected chi connectivity index (χ0v) is 27.2. The summed E-state index contributed by atoms with van der Waals surface area (Å²) in [7, 11) is 2.92. The van der Waals surface area contributed by atoms with E-state index >= 15 is 0 Å². The molecule has 1 saturated heterocycles. The van der Waals surface area contributed by atoms with Gasteiger partial charge in [0.15, 0.2) is 5.72 Å². The second-order valence-corrected chi connectivity index (χ2v) is 15.4. The summed E-state index contributed by atoms with van der Waals surface area (Å²) < 4.78 is 23.1. The number of benzene rings is 3. The highest BCUT2D eigenvalue weighted by atomic mass is 32.2. The molecular weight excluding hydrogens is 595 g/mol. The minimum atomic E-state index is -1.42. The van der Waals surface area contributed by atoms with Crippen molar-refractivity contribution in [2.45, 2.75) is 55.9 Å². The monoisotopic (exact) mass is 629 g/mol. The lowest BCUT2D eigenvalue weighted by atomic mass is 9.88. The number of carbonyl (C=O) groups excluding carboxylic acids is 2. The molecule has 5 aromatic rings. The molecule has 4 unspecified atom stereocenters. The maximum atomic E-state index is 13.8. The molecule has 8 rings (SSSR count). The number of ether oxygens (including phenoxy) is 3. The number of thioether (sulfide) groups is 1. The van der Waals surface area contributed by atoms with Crippen LogP contribution in [0.2, 0.25) is 0 Å². The number of amides is 1. The molecule has 0 radical (unpaired) electrons.